The van der Waals surface area contributed by atoms with E-state index >= 15 is 0 Å². The van der Waals surface area contributed by atoms with Gasteiger partial charge in [0, 0.05) is 19.6 Å². The molecular formula is C9H19N3S. The number of likely N-dealkylation sites (N-methyl/N-ethyl adjacent to an activating group) is 2. The number of thiocarbonyl (C=S) groups is 1. The summed E-state index contributed by atoms with van der Waals surface area (Å²) in [7, 11) is 1.97. The maximum absolute atomic E-state index is 5.54. The van der Waals surface area contributed by atoms with Gasteiger partial charge in [-0.1, -0.05) is 6.92 Å². The van der Waals surface area contributed by atoms with Gasteiger partial charge in [-0.15, -0.1) is 0 Å². The molecule has 0 bridgehead atoms. The molecule has 13 heavy (non-hydrogen) atoms. The minimum atomic E-state index is 0.503. The zero-order chi connectivity index (χ0) is 9.84. The Kier molecular flexibility index (Phi) is 3.93. The van der Waals surface area contributed by atoms with E-state index in [4.69, 9.17) is 18.0 Å². The summed E-state index contributed by atoms with van der Waals surface area (Å²) in [5.74, 6) is 0. The standard InChI is InChI=1S/C9H19N3S/c1-3-12-6-4-5-8(12)7-11(2)9(10)13/h8H,3-7H2,1-2H3,(H2,10,13). The summed E-state index contributed by atoms with van der Waals surface area (Å²) in [6.45, 7) is 5.55. The lowest BCUT2D eigenvalue weighted by molar-refractivity contribution is 0.235. The average Bonchev–Trinajstić information content (AvgIpc) is 2.51. The molecule has 4 heteroatoms. The van der Waals surface area contributed by atoms with Crippen molar-refractivity contribution in [2.75, 3.05) is 26.7 Å². The van der Waals surface area contributed by atoms with Crippen molar-refractivity contribution in [3.8, 4) is 0 Å². The van der Waals surface area contributed by atoms with E-state index in [1.807, 2.05) is 11.9 Å². The zero-order valence-corrected chi connectivity index (χ0v) is 9.31. The van der Waals surface area contributed by atoms with Crippen LogP contribution in [0, 0.1) is 0 Å². The fourth-order valence-corrected chi connectivity index (χ4v) is 2.00. The summed E-state index contributed by atoms with van der Waals surface area (Å²) >= 11 is 4.91. The van der Waals surface area contributed by atoms with Crippen molar-refractivity contribution in [3.05, 3.63) is 0 Å². The Bertz CT molecular complexity index is 184. The van der Waals surface area contributed by atoms with Crippen LogP contribution in [0.3, 0.4) is 0 Å². The summed E-state index contributed by atoms with van der Waals surface area (Å²) in [6, 6.07) is 0.650. The third-order valence-corrected chi connectivity index (χ3v) is 3.08. The van der Waals surface area contributed by atoms with Crippen molar-refractivity contribution in [1.29, 1.82) is 0 Å². The summed E-state index contributed by atoms with van der Waals surface area (Å²) in [4.78, 5) is 4.46. The predicted octanol–water partition coefficient (Wildman–Crippen LogP) is 0.646. The summed E-state index contributed by atoms with van der Waals surface area (Å²) in [5.41, 5.74) is 5.54. The Morgan fingerprint density at radius 2 is 2.38 bits per heavy atom. The van der Waals surface area contributed by atoms with Crippen LogP contribution in [0.25, 0.3) is 0 Å². The first-order valence-corrected chi connectivity index (χ1v) is 5.30. The van der Waals surface area contributed by atoms with Crippen molar-refractivity contribution in [2.24, 2.45) is 5.73 Å². The van der Waals surface area contributed by atoms with E-state index in [2.05, 4.69) is 11.8 Å². The Labute approximate surface area is 85.9 Å². The quantitative estimate of drug-likeness (QED) is 0.680. The average molecular weight is 201 g/mol. The number of likely N-dealkylation sites (tertiary alicyclic amines) is 1. The first-order valence-electron chi connectivity index (χ1n) is 4.89. The molecule has 0 spiro atoms. The lowest BCUT2D eigenvalue weighted by Crippen LogP contribution is -2.42. The SMILES string of the molecule is CCN1CCCC1CN(C)C(N)=S. The van der Waals surface area contributed by atoms with Crippen LogP contribution in [0.1, 0.15) is 19.8 Å². The van der Waals surface area contributed by atoms with E-state index in [0.29, 0.717) is 11.2 Å². The molecule has 1 unspecified atom stereocenters. The molecule has 0 aromatic rings. The lowest BCUT2D eigenvalue weighted by atomic mass is 10.2. The molecule has 1 aliphatic rings. The molecule has 0 saturated carbocycles. The van der Waals surface area contributed by atoms with Crippen LogP contribution in [-0.2, 0) is 0 Å². The van der Waals surface area contributed by atoms with Crippen molar-refractivity contribution in [3.63, 3.8) is 0 Å². The first-order chi connectivity index (χ1) is 6.15. The van der Waals surface area contributed by atoms with Gasteiger partial charge in [0.1, 0.15) is 0 Å². The molecule has 1 rings (SSSR count). The third kappa shape index (κ3) is 2.81. The van der Waals surface area contributed by atoms with Gasteiger partial charge in [-0.05, 0) is 38.1 Å². The molecule has 1 heterocycles. The van der Waals surface area contributed by atoms with Gasteiger partial charge < -0.3 is 10.6 Å². The monoisotopic (exact) mass is 201 g/mol. The second kappa shape index (κ2) is 4.77. The molecule has 1 fully saturated rings. The van der Waals surface area contributed by atoms with Crippen molar-refractivity contribution in [2.45, 2.75) is 25.8 Å². The highest BCUT2D eigenvalue weighted by Gasteiger charge is 2.24. The molecule has 1 saturated heterocycles. The lowest BCUT2D eigenvalue weighted by Gasteiger charge is -2.27. The second-order valence-electron chi connectivity index (χ2n) is 3.64. The van der Waals surface area contributed by atoms with Gasteiger partial charge in [0.2, 0.25) is 0 Å². The molecule has 76 valence electrons. The Morgan fingerprint density at radius 3 is 2.92 bits per heavy atom. The van der Waals surface area contributed by atoms with Crippen molar-refractivity contribution >= 4 is 17.3 Å². The van der Waals surface area contributed by atoms with E-state index in [1.165, 1.54) is 19.4 Å². The van der Waals surface area contributed by atoms with Gasteiger partial charge in [0.15, 0.2) is 5.11 Å². The van der Waals surface area contributed by atoms with E-state index in [9.17, 15) is 0 Å². The van der Waals surface area contributed by atoms with Gasteiger partial charge in [0.25, 0.3) is 0 Å². The van der Waals surface area contributed by atoms with Crippen molar-refractivity contribution in [1.82, 2.24) is 9.80 Å². The number of hydrogen-bond acceptors (Lipinski definition) is 2. The minimum Gasteiger partial charge on any atom is -0.376 e. The Balaban J connectivity index is 2.39. The second-order valence-corrected chi connectivity index (χ2v) is 4.06. The molecule has 0 aromatic carbocycles. The van der Waals surface area contributed by atoms with E-state index in [0.717, 1.165) is 13.1 Å². The molecule has 2 N–H and O–H groups in total. The maximum Gasteiger partial charge on any atom is 0.166 e. The van der Waals surface area contributed by atoms with Crippen LogP contribution < -0.4 is 5.73 Å². The van der Waals surface area contributed by atoms with Gasteiger partial charge >= 0.3 is 0 Å². The maximum atomic E-state index is 5.54. The summed E-state index contributed by atoms with van der Waals surface area (Å²) in [6.07, 6.45) is 2.59. The van der Waals surface area contributed by atoms with E-state index < -0.39 is 0 Å². The van der Waals surface area contributed by atoms with Gasteiger partial charge in [-0.2, -0.15) is 0 Å². The number of nitrogens with two attached hydrogens (primary N) is 1. The largest absolute Gasteiger partial charge is 0.376 e. The predicted molar refractivity (Wildman–Crippen MR) is 59.7 cm³/mol. The first kappa shape index (κ1) is 10.7. The minimum absolute atomic E-state index is 0.503. The number of rotatable bonds is 3. The molecule has 3 nitrogen and oxygen atoms in total. The van der Waals surface area contributed by atoms with Gasteiger partial charge in [-0.3, -0.25) is 4.90 Å². The van der Waals surface area contributed by atoms with Crippen molar-refractivity contribution < 1.29 is 0 Å². The fraction of sp³-hybridized carbons (Fsp3) is 0.889. The molecule has 0 amide bonds. The highest BCUT2D eigenvalue weighted by atomic mass is 32.1. The van der Waals surface area contributed by atoms with Gasteiger partial charge in [0.05, 0.1) is 0 Å². The molecule has 1 atom stereocenters. The topological polar surface area (TPSA) is 32.5 Å². The number of nitrogens with zero attached hydrogens (tertiary/aromatic N) is 2. The Hall–Kier alpha value is -0.350. The highest BCUT2D eigenvalue weighted by Crippen LogP contribution is 2.16. The smallest absolute Gasteiger partial charge is 0.166 e. The van der Waals surface area contributed by atoms with Crippen LogP contribution in [0.2, 0.25) is 0 Å². The Morgan fingerprint density at radius 1 is 1.69 bits per heavy atom. The van der Waals surface area contributed by atoms with E-state index in [1.54, 1.807) is 0 Å². The molecule has 0 aliphatic carbocycles. The van der Waals surface area contributed by atoms with Crippen LogP contribution in [0.15, 0.2) is 0 Å². The molecule has 0 radical (unpaired) electrons. The molecular weight excluding hydrogens is 182 g/mol. The van der Waals surface area contributed by atoms with Gasteiger partial charge in [-0.25, -0.2) is 0 Å². The van der Waals surface area contributed by atoms with Crippen LogP contribution in [0.5, 0.6) is 0 Å². The molecule has 0 aromatic heterocycles. The van der Waals surface area contributed by atoms with Crippen LogP contribution >= 0.6 is 12.2 Å². The third-order valence-electron chi connectivity index (χ3n) is 2.77. The van der Waals surface area contributed by atoms with E-state index in [-0.39, 0.29) is 0 Å². The highest BCUT2D eigenvalue weighted by molar-refractivity contribution is 7.80. The summed E-state index contributed by atoms with van der Waals surface area (Å²) in [5, 5.41) is 0.503. The number of hydrogen-bond donors (Lipinski definition) is 1. The normalized spacial score (nSPS) is 23.4. The fourth-order valence-electron chi connectivity index (χ4n) is 1.92. The zero-order valence-electron chi connectivity index (χ0n) is 8.49. The molecule has 1 aliphatic heterocycles. The van der Waals surface area contributed by atoms with Crippen LogP contribution in [0.4, 0.5) is 0 Å². The van der Waals surface area contributed by atoms with Crippen LogP contribution in [-0.4, -0.2) is 47.6 Å². The summed E-state index contributed by atoms with van der Waals surface area (Å²) < 4.78 is 0.